The minimum Gasteiger partial charge on any atom is -0.489 e. The first-order valence-electron chi connectivity index (χ1n) is 6.75. The lowest BCUT2D eigenvalue weighted by atomic mass is 9.94. The molecule has 4 heteroatoms. The van der Waals surface area contributed by atoms with Gasteiger partial charge in [0.15, 0.2) is 0 Å². The number of carbonyl (C=O) groups is 1. The predicted octanol–water partition coefficient (Wildman–Crippen LogP) is 2.61. The molecule has 0 aliphatic heterocycles. The van der Waals surface area contributed by atoms with Gasteiger partial charge in [-0.05, 0) is 30.2 Å². The Labute approximate surface area is 124 Å². The molecule has 0 aliphatic rings. The molecule has 0 aliphatic carbocycles. The number of rotatable bonds is 6. The van der Waals surface area contributed by atoms with Crippen LogP contribution in [0.25, 0.3) is 0 Å². The van der Waals surface area contributed by atoms with Gasteiger partial charge in [0, 0.05) is 6.42 Å². The van der Waals surface area contributed by atoms with E-state index in [9.17, 15) is 4.79 Å². The number of aliphatic carboxylic acids is 1. The molecule has 110 valence electrons. The highest BCUT2D eigenvalue weighted by atomic mass is 16.5. The Hall–Kier alpha value is -2.33. The van der Waals surface area contributed by atoms with Crippen molar-refractivity contribution in [3.63, 3.8) is 0 Å². The number of hydrogen-bond donors (Lipinski definition) is 2. The second-order valence-corrected chi connectivity index (χ2v) is 5.32. The monoisotopic (exact) mass is 285 g/mol. The van der Waals surface area contributed by atoms with E-state index >= 15 is 0 Å². The van der Waals surface area contributed by atoms with Crippen molar-refractivity contribution in [1.29, 1.82) is 0 Å². The Bertz CT molecular complexity index is 591. The Balaban J connectivity index is 1.95. The first-order valence-corrected chi connectivity index (χ1v) is 6.75. The molecule has 0 radical (unpaired) electrons. The van der Waals surface area contributed by atoms with Crippen LogP contribution in [0.4, 0.5) is 0 Å². The van der Waals surface area contributed by atoms with Crippen LogP contribution in [-0.2, 0) is 17.8 Å². The zero-order valence-electron chi connectivity index (χ0n) is 12.0. The van der Waals surface area contributed by atoms with E-state index in [0.717, 1.165) is 16.9 Å². The molecule has 0 saturated heterocycles. The molecular weight excluding hydrogens is 266 g/mol. The van der Waals surface area contributed by atoms with E-state index in [1.54, 1.807) is 0 Å². The molecule has 2 aromatic rings. The van der Waals surface area contributed by atoms with Crippen LogP contribution in [0, 0.1) is 0 Å². The maximum atomic E-state index is 11.0. The summed E-state index contributed by atoms with van der Waals surface area (Å²) < 4.78 is 5.68. The van der Waals surface area contributed by atoms with Crippen molar-refractivity contribution in [3.05, 3.63) is 65.7 Å². The molecule has 0 saturated carbocycles. The van der Waals surface area contributed by atoms with Crippen LogP contribution in [0.1, 0.15) is 18.1 Å². The molecule has 0 fully saturated rings. The Morgan fingerprint density at radius 2 is 1.71 bits per heavy atom. The highest BCUT2D eigenvalue weighted by Crippen LogP contribution is 2.17. The summed E-state index contributed by atoms with van der Waals surface area (Å²) >= 11 is 0. The zero-order valence-corrected chi connectivity index (χ0v) is 12.0. The maximum absolute atomic E-state index is 11.0. The summed E-state index contributed by atoms with van der Waals surface area (Å²) in [5.74, 6) is -0.261. The van der Waals surface area contributed by atoms with Gasteiger partial charge in [0.05, 0.1) is 0 Å². The molecule has 1 atom stereocenters. The Kier molecular flexibility index (Phi) is 4.60. The van der Waals surface area contributed by atoms with Crippen molar-refractivity contribution in [1.82, 2.24) is 0 Å². The van der Waals surface area contributed by atoms with E-state index in [1.807, 2.05) is 54.6 Å². The van der Waals surface area contributed by atoms with E-state index in [0.29, 0.717) is 6.61 Å². The Morgan fingerprint density at radius 3 is 2.29 bits per heavy atom. The molecule has 2 rings (SSSR count). The first-order chi connectivity index (χ1) is 9.97. The van der Waals surface area contributed by atoms with Crippen LogP contribution in [0.5, 0.6) is 5.75 Å². The van der Waals surface area contributed by atoms with Gasteiger partial charge in [-0.2, -0.15) is 0 Å². The van der Waals surface area contributed by atoms with Gasteiger partial charge in [0.1, 0.15) is 17.9 Å². The highest BCUT2D eigenvalue weighted by Gasteiger charge is 2.27. The molecule has 1 unspecified atom stereocenters. The molecule has 4 nitrogen and oxygen atoms in total. The summed E-state index contributed by atoms with van der Waals surface area (Å²) in [5.41, 5.74) is 6.44. The van der Waals surface area contributed by atoms with E-state index in [4.69, 9.17) is 15.6 Å². The molecule has 0 heterocycles. The van der Waals surface area contributed by atoms with Crippen molar-refractivity contribution < 1.29 is 14.6 Å². The third-order valence-corrected chi connectivity index (χ3v) is 3.23. The lowest BCUT2D eigenvalue weighted by molar-refractivity contribution is -0.142. The molecule has 0 aromatic heterocycles. The van der Waals surface area contributed by atoms with Crippen molar-refractivity contribution >= 4 is 5.97 Å². The first kappa shape index (κ1) is 15.1. The fraction of sp³-hybridized carbons (Fsp3) is 0.235. The van der Waals surface area contributed by atoms with Crippen LogP contribution < -0.4 is 10.5 Å². The van der Waals surface area contributed by atoms with E-state index < -0.39 is 11.5 Å². The average Bonchev–Trinajstić information content (AvgIpc) is 2.47. The summed E-state index contributed by atoms with van der Waals surface area (Å²) in [4.78, 5) is 11.0. The van der Waals surface area contributed by atoms with E-state index in [2.05, 4.69) is 0 Å². The standard InChI is InChI=1S/C17H19NO3/c1-17(18,16(19)20)11-13-7-9-15(10-8-13)21-12-14-5-3-2-4-6-14/h2-10H,11-12,18H2,1H3,(H,19,20). The van der Waals surface area contributed by atoms with Gasteiger partial charge in [-0.1, -0.05) is 42.5 Å². The molecule has 0 spiro atoms. The average molecular weight is 285 g/mol. The third kappa shape index (κ3) is 4.33. The van der Waals surface area contributed by atoms with Crippen LogP contribution in [0.3, 0.4) is 0 Å². The molecule has 0 bridgehead atoms. The van der Waals surface area contributed by atoms with Crippen LogP contribution in [0.15, 0.2) is 54.6 Å². The lowest BCUT2D eigenvalue weighted by Crippen LogP contribution is -2.46. The summed E-state index contributed by atoms with van der Waals surface area (Å²) in [7, 11) is 0. The largest absolute Gasteiger partial charge is 0.489 e. The summed E-state index contributed by atoms with van der Waals surface area (Å²) in [6.45, 7) is 2.01. The fourth-order valence-corrected chi connectivity index (χ4v) is 1.94. The maximum Gasteiger partial charge on any atom is 0.323 e. The molecule has 3 N–H and O–H groups in total. The Morgan fingerprint density at radius 1 is 1.10 bits per heavy atom. The van der Waals surface area contributed by atoms with Crippen molar-refractivity contribution in [2.75, 3.05) is 0 Å². The second-order valence-electron chi connectivity index (χ2n) is 5.32. The molecular formula is C17H19NO3. The molecule has 2 aromatic carbocycles. The third-order valence-electron chi connectivity index (χ3n) is 3.23. The van der Waals surface area contributed by atoms with Gasteiger partial charge in [0.25, 0.3) is 0 Å². The van der Waals surface area contributed by atoms with Gasteiger partial charge >= 0.3 is 5.97 Å². The van der Waals surface area contributed by atoms with Gasteiger partial charge in [-0.15, -0.1) is 0 Å². The van der Waals surface area contributed by atoms with Crippen molar-refractivity contribution in [3.8, 4) is 5.75 Å². The van der Waals surface area contributed by atoms with Gasteiger partial charge in [-0.25, -0.2) is 0 Å². The van der Waals surface area contributed by atoms with Crippen LogP contribution in [0.2, 0.25) is 0 Å². The number of hydrogen-bond acceptors (Lipinski definition) is 3. The predicted molar refractivity (Wildman–Crippen MR) is 81.1 cm³/mol. The minimum absolute atomic E-state index is 0.279. The highest BCUT2D eigenvalue weighted by molar-refractivity contribution is 5.78. The quantitative estimate of drug-likeness (QED) is 0.855. The van der Waals surface area contributed by atoms with Gasteiger partial charge in [0.2, 0.25) is 0 Å². The molecule has 21 heavy (non-hydrogen) atoms. The van der Waals surface area contributed by atoms with Gasteiger partial charge < -0.3 is 15.6 Å². The van der Waals surface area contributed by atoms with Crippen molar-refractivity contribution in [2.45, 2.75) is 25.5 Å². The lowest BCUT2D eigenvalue weighted by Gasteiger charge is -2.19. The molecule has 0 amide bonds. The normalized spacial score (nSPS) is 13.4. The smallest absolute Gasteiger partial charge is 0.323 e. The second kappa shape index (κ2) is 6.41. The SMILES string of the molecule is CC(N)(Cc1ccc(OCc2ccccc2)cc1)C(=O)O. The fourth-order valence-electron chi connectivity index (χ4n) is 1.94. The van der Waals surface area contributed by atoms with Gasteiger partial charge in [-0.3, -0.25) is 4.79 Å². The number of benzene rings is 2. The topological polar surface area (TPSA) is 72.5 Å². The number of carboxylic acid groups (broad SMARTS) is 1. The van der Waals surface area contributed by atoms with Crippen LogP contribution >= 0.6 is 0 Å². The van der Waals surface area contributed by atoms with Crippen molar-refractivity contribution in [2.24, 2.45) is 5.73 Å². The number of ether oxygens (including phenoxy) is 1. The van der Waals surface area contributed by atoms with E-state index in [-0.39, 0.29) is 6.42 Å². The summed E-state index contributed by atoms with van der Waals surface area (Å²) in [5, 5.41) is 9.02. The zero-order chi connectivity index (χ0) is 15.3. The number of nitrogens with two attached hydrogens (primary N) is 1. The summed E-state index contributed by atoms with van der Waals surface area (Å²) in [6, 6.07) is 17.2. The summed E-state index contributed by atoms with van der Waals surface area (Å²) in [6.07, 6.45) is 0.279. The number of carboxylic acids is 1. The van der Waals surface area contributed by atoms with Crippen LogP contribution in [-0.4, -0.2) is 16.6 Å². The minimum atomic E-state index is -1.26. The van der Waals surface area contributed by atoms with E-state index in [1.165, 1.54) is 6.92 Å².